The number of hydrogen-bond acceptors (Lipinski definition) is 5. The number of rotatable bonds is 6. The van der Waals surface area contributed by atoms with Crippen molar-refractivity contribution in [2.75, 3.05) is 36.4 Å². The van der Waals surface area contributed by atoms with Gasteiger partial charge in [0, 0.05) is 44.0 Å². The summed E-state index contributed by atoms with van der Waals surface area (Å²) in [7, 11) is 0. The number of fused-ring (bicyclic) bond motifs is 1. The fourth-order valence-electron chi connectivity index (χ4n) is 9.26. The molecule has 10 heteroatoms. The van der Waals surface area contributed by atoms with Crippen LogP contribution in [0.25, 0.3) is 10.9 Å². The largest absolute Gasteiger partial charge is 0.465 e. The molecule has 2 atom stereocenters. The fourth-order valence-corrected chi connectivity index (χ4v) is 9.26. The maximum atomic E-state index is 13.4. The average molecular weight is 575 g/mol. The average Bonchev–Trinajstić information content (AvgIpc) is 3.58. The molecule has 8 rings (SSSR count). The SMILES string of the molecule is Cc1ccc2nc(N3CC[C@H](NC(=O)N4CC[C@H](NC(=O)O)C4)C3)ccc2c1NC(=O)CC12CC3CC(CC(C3)C1)C2. The first-order valence-electron chi connectivity index (χ1n) is 15.7. The Bertz CT molecular complexity index is 1380. The maximum Gasteiger partial charge on any atom is 0.404 e. The summed E-state index contributed by atoms with van der Waals surface area (Å²) in [4.78, 5) is 46.0. The van der Waals surface area contributed by atoms with Crippen molar-refractivity contribution in [3.63, 3.8) is 0 Å². The number of nitrogens with zero attached hydrogens (tertiary/aromatic N) is 3. The Morgan fingerprint density at radius 2 is 1.62 bits per heavy atom. The number of carboxylic acid groups (broad SMARTS) is 1. The van der Waals surface area contributed by atoms with E-state index in [-0.39, 0.29) is 29.4 Å². The van der Waals surface area contributed by atoms with Crippen molar-refractivity contribution in [2.24, 2.45) is 23.2 Å². The Morgan fingerprint density at radius 1 is 0.929 bits per heavy atom. The number of aromatic nitrogens is 1. The van der Waals surface area contributed by atoms with Crippen LogP contribution in [-0.2, 0) is 4.79 Å². The molecule has 0 spiro atoms. The summed E-state index contributed by atoms with van der Waals surface area (Å²) in [6.07, 6.45) is 8.84. The minimum absolute atomic E-state index is 0.000990. The molecular weight excluding hydrogens is 532 g/mol. The molecule has 42 heavy (non-hydrogen) atoms. The third-order valence-corrected chi connectivity index (χ3v) is 10.7. The molecule has 4 saturated carbocycles. The van der Waals surface area contributed by atoms with E-state index in [0.29, 0.717) is 32.5 Å². The van der Waals surface area contributed by atoms with Gasteiger partial charge in [0.1, 0.15) is 5.82 Å². The first kappa shape index (κ1) is 27.3. The zero-order chi connectivity index (χ0) is 29.0. The number of pyridine rings is 1. The van der Waals surface area contributed by atoms with E-state index in [9.17, 15) is 14.4 Å². The molecule has 0 radical (unpaired) electrons. The van der Waals surface area contributed by atoms with E-state index < -0.39 is 6.09 Å². The number of carbonyl (C=O) groups is 3. The van der Waals surface area contributed by atoms with Gasteiger partial charge in [-0.3, -0.25) is 4.79 Å². The molecule has 4 aliphatic carbocycles. The normalized spacial score (nSPS) is 31.5. The lowest BCUT2D eigenvalue weighted by molar-refractivity contribution is -0.124. The summed E-state index contributed by atoms with van der Waals surface area (Å²) in [5, 5.41) is 18.8. The van der Waals surface area contributed by atoms with Crippen molar-refractivity contribution in [3.05, 3.63) is 29.8 Å². The van der Waals surface area contributed by atoms with Crippen LogP contribution in [-0.4, -0.2) is 71.3 Å². The van der Waals surface area contributed by atoms with Gasteiger partial charge in [-0.05, 0) is 105 Å². The number of amides is 4. The maximum absolute atomic E-state index is 13.4. The molecule has 2 saturated heterocycles. The Balaban J connectivity index is 0.987. The molecule has 6 aliphatic rings. The van der Waals surface area contributed by atoms with Crippen LogP contribution in [0.3, 0.4) is 0 Å². The predicted molar refractivity (Wildman–Crippen MR) is 161 cm³/mol. The number of benzene rings is 1. The molecule has 3 heterocycles. The second-order valence-corrected chi connectivity index (χ2v) is 13.9. The van der Waals surface area contributed by atoms with Crippen LogP contribution < -0.4 is 20.9 Å². The molecule has 2 aliphatic heterocycles. The number of urea groups is 1. The number of carbonyl (C=O) groups excluding carboxylic acids is 2. The third kappa shape index (κ3) is 5.36. The second kappa shape index (κ2) is 10.6. The van der Waals surface area contributed by atoms with Crippen LogP contribution in [0.1, 0.15) is 63.4 Å². The van der Waals surface area contributed by atoms with Gasteiger partial charge >= 0.3 is 12.1 Å². The highest BCUT2D eigenvalue weighted by molar-refractivity contribution is 6.03. The van der Waals surface area contributed by atoms with E-state index in [2.05, 4.69) is 26.9 Å². The highest BCUT2D eigenvalue weighted by Crippen LogP contribution is 2.61. The molecule has 4 N–H and O–H groups in total. The van der Waals surface area contributed by atoms with E-state index in [1.54, 1.807) is 4.90 Å². The van der Waals surface area contributed by atoms with Gasteiger partial charge in [0.15, 0.2) is 0 Å². The van der Waals surface area contributed by atoms with Crippen LogP contribution in [0.2, 0.25) is 0 Å². The molecule has 6 fully saturated rings. The van der Waals surface area contributed by atoms with Crippen LogP contribution in [0.4, 0.5) is 21.1 Å². The standard InChI is InChI=1S/C32H42N6O4/c1-19-2-4-26-25(29(19)36-28(39)16-32-13-20-10-21(14-32)12-22(11-20)15-32)3-5-27(35-26)37-8-6-23(17-37)33-30(40)38-9-7-24(18-38)34-31(41)42/h2-5,20-24,34H,6-18H2,1H3,(H,33,40)(H,36,39)(H,41,42)/t20?,21?,22?,23-,24-,32?/m0/s1. The van der Waals surface area contributed by atoms with Crippen molar-refractivity contribution < 1.29 is 19.5 Å². The fraction of sp³-hybridized carbons (Fsp3) is 0.625. The molecule has 4 bridgehead atoms. The Morgan fingerprint density at radius 3 is 2.33 bits per heavy atom. The smallest absolute Gasteiger partial charge is 0.404 e. The first-order valence-corrected chi connectivity index (χ1v) is 15.7. The Labute approximate surface area is 246 Å². The van der Waals surface area contributed by atoms with Crippen molar-refractivity contribution in [3.8, 4) is 0 Å². The van der Waals surface area contributed by atoms with Gasteiger partial charge in [0.25, 0.3) is 0 Å². The minimum atomic E-state index is -1.06. The van der Waals surface area contributed by atoms with Crippen LogP contribution in [0.5, 0.6) is 0 Å². The summed E-state index contributed by atoms with van der Waals surface area (Å²) >= 11 is 0. The lowest BCUT2D eigenvalue weighted by Gasteiger charge is -2.56. The zero-order valence-electron chi connectivity index (χ0n) is 24.4. The predicted octanol–water partition coefficient (Wildman–Crippen LogP) is 4.72. The van der Waals surface area contributed by atoms with Crippen molar-refractivity contribution in [1.29, 1.82) is 0 Å². The highest BCUT2D eigenvalue weighted by Gasteiger charge is 2.51. The van der Waals surface area contributed by atoms with Gasteiger partial charge in [-0.2, -0.15) is 0 Å². The monoisotopic (exact) mass is 574 g/mol. The van der Waals surface area contributed by atoms with E-state index in [4.69, 9.17) is 10.1 Å². The first-order chi connectivity index (χ1) is 20.2. The summed E-state index contributed by atoms with van der Waals surface area (Å²) in [5.74, 6) is 3.49. The Hall–Kier alpha value is -3.56. The highest BCUT2D eigenvalue weighted by atomic mass is 16.4. The van der Waals surface area contributed by atoms with E-state index in [0.717, 1.165) is 58.7 Å². The lowest BCUT2D eigenvalue weighted by Crippen LogP contribution is -2.47. The summed E-state index contributed by atoms with van der Waals surface area (Å²) < 4.78 is 0. The van der Waals surface area contributed by atoms with Gasteiger partial charge in [0.05, 0.1) is 17.2 Å². The van der Waals surface area contributed by atoms with E-state index in [1.165, 1.54) is 38.5 Å². The number of likely N-dealkylation sites (tertiary alicyclic amines) is 1. The third-order valence-electron chi connectivity index (χ3n) is 10.7. The molecule has 1 aromatic carbocycles. The topological polar surface area (TPSA) is 127 Å². The van der Waals surface area contributed by atoms with Gasteiger partial charge in [-0.1, -0.05) is 6.07 Å². The molecule has 10 nitrogen and oxygen atoms in total. The van der Waals surface area contributed by atoms with Crippen molar-refractivity contribution >= 4 is 40.4 Å². The number of hydrogen-bond donors (Lipinski definition) is 4. The number of aryl methyl sites for hydroxylation is 1. The summed E-state index contributed by atoms with van der Waals surface area (Å²) in [6, 6.07) is 7.78. The van der Waals surface area contributed by atoms with E-state index >= 15 is 0 Å². The lowest BCUT2D eigenvalue weighted by atomic mass is 9.49. The van der Waals surface area contributed by atoms with Gasteiger partial charge in [-0.25, -0.2) is 14.6 Å². The van der Waals surface area contributed by atoms with Gasteiger partial charge < -0.3 is 30.9 Å². The van der Waals surface area contributed by atoms with E-state index in [1.807, 2.05) is 25.1 Å². The van der Waals surface area contributed by atoms with Crippen LogP contribution >= 0.6 is 0 Å². The minimum Gasteiger partial charge on any atom is -0.465 e. The Kier molecular flexibility index (Phi) is 6.89. The molecule has 2 aromatic rings. The quantitative estimate of drug-likeness (QED) is 0.396. The molecule has 224 valence electrons. The van der Waals surface area contributed by atoms with Crippen molar-refractivity contribution in [2.45, 2.75) is 76.8 Å². The number of nitrogens with one attached hydrogen (secondary N) is 3. The summed E-state index contributed by atoms with van der Waals surface area (Å²) in [5.41, 5.74) is 2.97. The molecule has 0 unspecified atom stereocenters. The van der Waals surface area contributed by atoms with Gasteiger partial charge in [0.2, 0.25) is 5.91 Å². The van der Waals surface area contributed by atoms with Crippen LogP contribution in [0, 0.1) is 30.1 Å². The molecule has 1 aromatic heterocycles. The van der Waals surface area contributed by atoms with Crippen LogP contribution in [0.15, 0.2) is 24.3 Å². The van der Waals surface area contributed by atoms with Crippen molar-refractivity contribution in [1.82, 2.24) is 20.5 Å². The second-order valence-electron chi connectivity index (χ2n) is 13.9. The number of anilines is 2. The summed E-state index contributed by atoms with van der Waals surface area (Å²) in [6.45, 7) is 4.42. The molecule has 4 amide bonds. The van der Waals surface area contributed by atoms with Gasteiger partial charge in [-0.15, -0.1) is 0 Å². The molecular formula is C32H42N6O4. The zero-order valence-corrected chi connectivity index (χ0v) is 24.4.